The lowest BCUT2D eigenvalue weighted by Crippen LogP contribution is -2.53. The first-order valence-electron chi connectivity index (χ1n) is 3.60. The molecule has 1 rings (SSSR count). The van der Waals surface area contributed by atoms with Crippen LogP contribution in [0.3, 0.4) is 0 Å². The summed E-state index contributed by atoms with van der Waals surface area (Å²) in [6, 6.07) is 3.91. The molecule has 74 valence electrons. The average molecular weight is 283 g/mol. The van der Waals surface area contributed by atoms with Crippen molar-refractivity contribution in [2.75, 3.05) is 21.3 Å². The Morgan fingerprint density at radius 1 is 1.15 bits per heavy atom. The Kier molecular flexibility index (Phi) is 4.08. The third-order valence-electron chi connectivity index (χ3n) is 1.68. The van der Waals surface area contributed by atoms with Crippen molar-refractivity contribution < 1.29 is 13.3 Å². The van der Waals surface area contributed by atoms with Crippen LogP contribution >= 0.6 is 27.3 Å². The minimum Gasteiger partial charge on any atom is -0.373 e. The van der Waals surface area contributed by atoms with Crippen molar-refractivity contribution in [1.29, 1.82) is 0 Å². The van der Waals surface area contributed by atoms with E-state index in [4.69, 9.17) is 13.3 Å². The van der Waals surface area contributed by atoms with Gasteiger partial charge in [-0.25, -0.2) is 0 Å². The van der Waals surface area contributed by atoms with Crippen LogP contribution in [0.4, 0.5) is 0 Å². The Balaban J connectivity index is 3.00. The van der Waals surface area contributed by atoms with Gasteiger partial charge in [0.25, 0.3) is 0 Å². The highest BCUT2D eigenvalue weighted by Crippen LogP contribution is 2.19. The molecule has 1 heterocycles. The first-order valence-corrected chi connectivity index (χ1v) is 6.93. The molecule has 0 radical (unpaired) electrons. The zero-order valence-electron chi connectivity index (χ0n) is 7.67. The molecule has 0 aromatic carbocycles. The topological polar surface area (TPSA) is 27.7 Å². The molecule has 0 atom stereocenters. The normalized spacial score (nSPS) is 12.0. The van der Waals surface area contributed by atoms with Gasteiger partial charge >= 0.3 is 8.80 Å². The van der Waals surface area contributed by atoms with E-state index in [9.17, 15) is 0 Å². The highest BCUT2D eigenvalue weighted by molar-refractivity contribution is 9.11. The molecular weight excluding hydrogens is 272 g/mol. The molecule has 0 aliphatic rings. The molecule has 0 amide bonds. The van der Waals surface area contributed by atoms with E-state index in [0.717, 1.165) is 8.29 Å². The van der Waals surface area contributed by atoms with Gasteiger partial charge in [0.2, 0.25) is 0 Å². The van der Waals surface area contributed by atoms with Crippen molar-refractivity contribution in [2.24, 2.45) is 0 Å². The van der Waals surface area contributed by atoms with Gasteiger partial charge in [-0.3, -0.25) is 0 Å². The maximum Gasteiger partial charge on any atom is 0.546 e. The first kappa shape index (κ1) is 11.4. The van der Waals surface area contributed by atoms with Crippen molar-refractivity contribution >= 4 is 40.6 Å². The van der Waals surface area contributed by atoms with E-state index in [1.54, 1.807) is 32.7 Å². The summed E-state index contributed by atoms with van der Waals surface area (Å²) in [5.41, 5.74) is 0. The molecule has 0 unspecified atom stereocenters. The lowest BCUT2D eigenvalue weighted by molar-refractivity contribution is 0.141. The average Bonchev–Trinajstić information content (AvgIpc) is 2.57. The van der Waals surface area contributed by atoms with E-state index in [2.05, 4.69) is 15.9 Å². The number of halogens is 1. The predicted octanol–water partition coefficient (Wildman–Crippen LogP) is 1.60. The Morgan fingerprint density at radius 3 is 2.00 bits per heavy atom. The molecule has 0 N–H and O–H groups in total. The Morgan fingerprint density at radius 2 is 1.69 bits per heavy atom. The van der Waals surface area contributed by atoms with Gasteiger partial charge in [0.1, 0.15) is 0 Å². The Labute approximate surface area is 91.1 Å². The first-order chi connectivity index (χ1) is 6.18. The standard InChI is InChI=1S/C7H11BrO3SSi/c1-9-13(10-2,11-3)7-5-4-6(8)12-7/h4-5H,1-3H3. The van der Waals surface area contributed by atoms with Crippen LogP contribution in [0.2, 0.25) is 0 Å². The van der Waals surface area contributed by atoms with E-state index < -0.39 is 8.80 Å². The molecule has 0 aliphatic heterocycles. The van der Waals surface area contributed by atoms with Crippen LogP contribution in [0.5, 0.6) is 0 Å². The lowest BCUT2D eigenvalue weighted by atomic mass is 10.7. The fourth-order valence-corrected chi connectivity index (χ4v) is 5.59. The highest BCUT2D eigenvalue weighted by Gasteiger charge is 2.42. The zero-order chi connectivity index (χ0) is 9.90. The van der Waals surface area contributed by atoms with Gasteiger partial charge in [0.05, 0.1) is 8.29 Å². The number of rotatable bonds is 4. The molecule has 0 bridgehead atoms. The molecule has 0 aliphatic carbocycles. The van der Waals surface area contributed by atoms with Gasteiger partial charge in [0.15, 0.2) is 0 Å². The van der Waals surface area contributed by atoms with Crippen molar-refractivity contribution in [3.63, 3.8) is 0 Å². The third kappa shape index (κ3) is 2.20. The second-order valence-corrected chi connectivity index (χ2v) is 7.97. The summed E-state index contributed by atoms with van der Waals surface area (Å²) >= 11 is 4.96. The lowest BCUT2D eigenvalue weighted by Gasteiger charge is -2.22. The predicted molar refractivity (Wildman–Crippen MR) is 58.4 cm³/mol. The van der Waals surface area contributed by atoms with Crippen LogP contribution < -0.4 is 4.50 Å². The SMILES string of the molecule is CO[Si](OC)(OC)c1ccc(Br)s1. The zero-order valence-corrected chi connectivity index (χ0v) is 11.1. The van der Waals surface area contributed by atoms with Gasteiger partial charge < -0.3 is 13.3 Å². The molecule has 0 saturated heterocycles. The van der Waals surface area contributed by atoms with Gasteiger partial charge in [-0.15, -0.1) is 11.3 Å². The van der Waals surface area contributed by atoms with E-state index >= 15 is 0 Å². The molecule has 0 fully saturated rings. The fourth-order valence-electron chi connectivity index (χ4n) is 1.03. The fraction of sp³-hybridized carbons (Fsp3) is 0.429. The molecule has 0 saturated carbocycles. The van der Waals surface area contributed by atoms with Gasteiger partial charge in [-0.05, 0) is 28.1 Å². The van der Waals surface area contributed by atoms with Crippen LogP contribution in [0.25, 0.3) is 0 Å². The summed E-state index contributed by atoms with van der Waals surface area (Å²) < 4.78 is 18.0. The summed E-state index contributed by atoms with van der Waals surface area (Å²) in [4.78, 5) is 0. The summed E-state index contributed by atoms with van der Waals surface area (Å²) in [5.74, 6) is 0. The maximum absolute atomic E-state index is 5.32. The molecule has 1 aromatic heterocycles. The highest BCUT2D eigenvalue weighted by atomic mass is 79.9. The van der Waals surface area contributed by atoms with E-state index in [1.165, 1.54) is 0 Å². The minimum atomic E-state index is -2.58. The smallest absolute Gasteiger partial charge is 0.373 e. The molecule has 13 heavy (non-hydrogen) atoms. The Hall–Kier alpha value is 0.277. The monoisotopic (exact) mass is 282 g/mol. The van der Waals surface area contributed by atoms with E-state index in [0.29, 0.717) is 0 Å². The van der Waals surface area contributed by atoms with Crippen molar-refractivity contribution in [3.05, 3.63) is 15.9 Å². The summed E-state index contributed by atoms with van der Waals surface area (Å²) in [6.45, 7) is 0. The number of hydrogen-bond acceptors (Lipinski definition) is 4. The molecular formula is C7H11BrO3SSi. The van der Waals surface area contributed by atoms with Gasteiger partial charge in [-0.1, -0.05) is 0 Å². The number of hydrogen-bond donors (Lipinski definition) is 0. The quantitative estimate of drug-likeness (QED) is 0.786. The van der Waals surface area contributed by atoms with Crippen molar-refractivity contribution in [2.45, 2.75) is 0 Å². The van der Waals surface area contributed by atoms with E-state index in [-0.39, 0.29) is 0 Å². The molecule has 3 nitrogen and oxygen atoms in total. The van der Waals surface area contributed by atoms with Crippen molar-refractivity contribution in [3.8, 4) is 0 Å². The van der Waals surface area contributed by atoms with Crippen LogP contribution in [-0.2, 0) is 13.3 Å². The number of thiophene rings is 1. The summed E-state index contributed by atoms with van der Waals surface area (Å²) in [5, 5.41) is 0. The minimum absolute atomic E-state index is 1.01. The summed E-state index contributed by atoms with van der Waals surface area (Å²) in [7, 11) is 2.23. The molecule has 0 spiro atoms. The molecule has 1 aromatic rings. The van der Waals surface area contributed by atoms with Gasteiger partial charge in [-0.2, -0.15) is 0 Å². The van der Waals surface area contributed by atoms with Crippen LogP contribution in [-0.4, -0.2) is 30.1 Å². The largest absolute Gasteiger partial charge is 0.546 e. The Bertz CT molecular complexity index is 266. The van der Waals surface area contributed by atoms with E-state index in [1.807, 2.05) is 12.1 Å². The second kappa shape index (κ2) is 4.67. The van der Waals surface area contributed by atoms with Crippen LogP contribution in [0.15, 0.2) is 15.9 Å². The molecule has 6 heteroatoms. The second-order valence-electron chi connectivity index (χ2n) is 2.27. The van der Waals surface area contributed by atoms with Crippen LogP contribution in [0.1, 0.15) is 0 Å². The maximum atomic E-state index is 5.32. The van der Waals surface area contributed by atoms with Crippen molar-refractivity contribution in [1.82, 2.24) is 0 Å². The van der Waals surface area contributed by atoms with Gasteiger partial charge in [0, 0.05) is 21.3 Å². The third-order valence-corrected chi connectivity index (χ3v) is 6.56. The van der Waals surface area contributed by atoms with Crippen LogP contribution in [0, 0.1) is 0 Å². The summed E-state index contributed by atoms with van der Waals surface area (Å²) in [6.07, 6.45) is 0.